The maximum absolute atomic E-state index is 10.2. The predicted octanol–water partition coefficient (Wildman–Crippen LogP) is -1.76. The van der Waals surface area contributed by atoms with E-state index in [1.54, 1.807) is 0 Å². The van der Waals surface area contributed by atoms with Crippen LogP contribution in [0.4, 0.5) is 0 Å². The Morgan fingerprint density at radius 3 is 2.48 bits per heavy atom. The number of rotatable bonds is 4. The fraction of sp³-hybridized carbons (Fsp3) is 0.500. The molecule has 0 radical (unpaired) electrons. The highest BCUT2D eigenvalue weighted by Gasteiger charge is 2.45. The highest BCUT2D eigenvalue weighted by molar-refractivity contribution is 5.18. The van der Waals surface area contributed by atoms with Crippen LogP contribution in [0.1, 0.15) is 17.6 Å². The van der Waals surface area contributed by atoms with Crippen molar-refractivity contribution < 1.29 is 25.2 Å². The van der Waals surface area contributed by atoms with E-state index in [0.29, 0.717) is 12.2 Å². The number of aliphatic hydroxyl groups is 4. The summed E-state index contributed by atoms with van der Waals surface area (Å²) in [5, 5.41) is 50.4. The normalized spacial score (nSPS) is 31.2. The smallest absolute Gasteiger partial charge is 0.182 e. The average molecular weight is 322 g/mol. The molecule has 5 atom stereocenters. The van der Waals surface area contributed by atoms with E-state index in [-0.39, 0.29) is 0 Å². The second kappa shape index (κ2) is 6.69. The summed E-state index contributed by atoms with van der Waals surface area (Å²) in [6.45, 7) is -0.502. The first-order chi connectivity index (χ1) is 11.1. The lowest BCUT2D eigenvalue weighted by molar-refractivity contribution is -0.254. The molecule has 0 amide bonds. The van der Waals surface area contributed by atoms with Crippen LogP contribution in [0.5, 0.6) is 0 Å². The molecule has 0 saturated carbocycles. The van der Waals surface area contributed by atoms with Gasteiger partial charge in [-0.1, -0.05) is 30.3 Å². The van der Waals surface area contributed by atoms with Gasteiger partial charge < -0.3 is 25.2 Å². The summed E-state index contributed by atoms with van der Waals surface area (Å²) in [6.07, 6.45) is -6.01. The maximum Gasteiger partial charge on any atom is 0.182 e. The Hall–Kier alpha value is -1.91. The SMILES string of the molecule is OC[C@H]1O[C@@H](n2nnnc2Cc2ccccc2)[C@H](O)[C@@H](O)[C@@H]1O. The van der Waals surface area contributed by atoms with Crippen LogP contribution in [0.15, 0.2) is 30.3 Å². The van der Waals surface area contributed by atoms with Crippen LogP contribution in [0.2, 0.25) is 0 Å². The Morgan fingerprint density at radius 2 is 1.78 bits per heavy atom. The summed E-state index contributed by atoms with van der Waals surface area (Å²) in [6, 6.07) is 9.48. The molecule has 1 aromatic heterocycles. The van der Waals surface area contributed by atoms with Gasteiger partial charge in [-0.25, -0.2) is 0 Å². The molecule has 3 rings (SSSR count). The third kappa shape index (κ3) is 3.09. The zero-order valence-corrected chi connectivity index (χ0v) is 12.2. The summed E-state index contributed by atoms with van der Waals surface area (Å²) >= 11 is 0. The molecule has 1 saturated heterocycles. The van der Waals surface area contributed by atoms with Crippen molar-refractivity contribution in [2.24, 2.45) is 0 Å². The van der Waals surface area contributed by atoms with Crippen molar-refractivity contribution in [1.82, 2.24) is 20.2 Å². The van der Waals surface area contributed by atoms with E-state index < -0.39 is 37.3 Å². The molecule has 9 nitrogen and oxygen atoms in total. The fourth-order valence-electron chi connectivity index (χ4n) is 2.59. The Bertz CT molecular complexity index is 635. The van der Waals surface area contributed by atoms with Crippen molar-refractivity contribution >= 4 is 0 Å². The number of benzene rings is 1. The van der Waals surface area contributed by atoms with Crippen LogP contribution < -0.4 is 0 Å². The summed E-state index contributed by atoms with van der Waals surface area (Å²) < 4.78 is 6.72. The van der Waals surface area contributed by atoms with Gasteiger partial charge in [0.25, 0.3) is 0 Å². The van der Waals surface area contributed by atoms with Gasteiger partial charge in [0.2, 0.25) is 0 Å². The van der Waals surface area contributed by atoms with Crippen molar-refractivity contribution in [3.63, 3.8) is 0 Å². The number of ether oxygens (including phenoxy) is 1. The lowest BCUT2D eigenvalue weighted by Crippen LogP contribution is -2.56. The van der Waals surface area contributed by atoms with Crippen molar-refractivity contribution in [2.45, 2.75) is 37.1 Å². The van der Waals surface area contributed by atoms with E-state index in [4.69, 9.17) is 4.74 Å². The number of hydrogen-bond acceptors (Lipinski definition) is 8. The van der Waals surface area contributed by atoms with E-state index in [1.807, 2.05) is 30.3 Å². The molecule has 2 aromatic rings. The summed E-state index contributed by atoms with van der Waals surface area (Å²) in [4.78, 5) is 0. The minimum absolute atomic E-state index is 0.406. The molecule has 23 heavy (non-hydrogen) atoms. The number of hydrogen-bond donors (Lipinski definition) is 4. The fourth-order valence-corrected chi connectivity index (χ4v) is 2.59. The molecule has 1 aliphatic heterocycles. The Kier molecular flexibility index (Phi) is 4.64. The molecule has 1 aromatic carbocycles. The molecule has 0 unspecified atom stereocenters. The van der Waals surface area contributed by atoms with Gasteiger partial charge >= 0.3 is 0 Å². The van der Waals surface area contributed by atoms with E-state index in [1.165, 1.54) is 4.68 Å². The summed E-state index contributed by atoms with van der Waals surface area (Å²) in [7, 11) is 0. The minimum Gasteiger partial charge on any atom is -0.394 e. The largest absolute Gasteiger partial charge is 0.394 e. The van der Waals surface area contributed by atoms with Crippen molar-refractivity contribution in [3.8, 4) is 0 Å². The van der Waals surface area contributed by atoms with Gasteiger partial charge in [0, 0.05) is 6.42 Å². The molecule has 0 spiro atoms. The lowest BCUT2D eigenvalue weighted by atomic mass is 9.98. The predicted molar refractivity (Wildman–Crippen MR) is 76.1 cm³/mol. The molecule has 1 fully saturated rings. The third-order valence-corrected chi connectivity index (χ3v) is 3.87. The Labute approximate surface area is 131 Å². The van der Waals surface area contributed by atoms with E-state index in [2.05, 4.69) is 15.5 Å². The Balaban J connectivity index is 1.85. The first-order valence-electron chi connectivity index (χ1n) is 7.23. The van der Waals surface area contributed by atoms with Gasteiger partial charge in [-0.3, -0.25) is 0 Å². The van der Waals surface area contributed by atoms with Crippen molar-refractivity contribution in [2.75, 3.05) is 6.61 Å². The van der Waals surface area contributed by atoms with Gasteiger partial charge in [-0.2, -0.15) is 4.68 Å². The van der Waals surface area contributed by atoms with E-state index in [0.717, 1.165) is 5.56 Å². The number of aliphatic hydroxyl groups excluding tert-OH is 4. The number of nitrogens with zero attached hydrogens (tertiary/aromatic N) is 4. The number of aromatic nitrogens is 4. The highest BCUT2D eigenvalue weighted by Crippen LogP contribution is 2.28. The van der Waals surface area contributed by atoms with Gasteiger partial charge in [-0.15, -0.1) is 5.10 Å². The van der Waals surface area contributed by atoms with Crippen LogP contribution in [-0.2, 0) is 11.2 Å². The molecule has 0 bridgehead atoms. The van der Waals surface area contributed by atoms with Crippen LogP contribution in [0, 0.1) is 0 Å². The zero-order valence-electron chi connectivity index (χ0n) is 12.2. The van der Waals surface area contributed by atoms with Gasteiger partial charge in [0.05, 0.1) is 6.61 Å². The topological polar surface area (TPSA) is 134 Å². The van der Waals surface area contributed by atoms with Gasteiger partial charge in [-0.05, 0) is 16.0 Å². The van der Waals surface area contributed by atoms with Crippen LogP contribution in [-0.4, -0.2) is 71.7 Å². The summed E-state index contributed by atoms with van der Waals surface area (Å²) in [5.74, 6) is 0.431. The molecule has 124 valence electrons. The molecular weight excluding hydrogens is 304 g/mol. The van der Waals surface area contributed by atoms with E-state index >= 15 is 0 Å². The quantitative estimate of drug-likeness (QED) is 0.520. The molecule has 0 aliphatic carbocycles. The second-order valence-electron chi connectivity index (χ2n) is 5.42. The van der Waals surface area contributed by atoms with Gasteiger partial charge in [0.15, 0.2) is 12.1 Å². The molecular formula is C14H18N4O5. The lowest BCUT2D eigenvalue weighted by Gasteiger charge is -2.39. The second-order valence-corrected chi connectivity index (χ2v) is 5.42. The average Bonchev–Trinajstić information content (AvgIpc) is 3.02. The van der Waals surface area contributed by atoms with Crippen molar-refractivity contribution in [1.29, 1.82) is 0 Å². The third-order valence-electron chi connectivity index (χ3n) is 3.87. The molecule has 1 aliphatic rings. The first kappa shape index (κ1) is 16.0. The minimum atomic E-state index is -1.47. The maximum atomic E-state index is 10.2. The van der Waals surface area contributed by atoms with Crippen LogP contribution in [0.25, 0.3) is 0 Å². The zero-order chi connectivity index (χ0) is 16.4. The van der Waals surface area contributed by atoms with Crippen molar-refractivity contribution in [3.05, 3.63) is 41.7 Å². The van der Waals surface area contributed by atoms with Crippen LogP contribution >= 0.6 is 0 Å². The molecule has 4 N–H and O–H groups in total. The number of tetrazole rings is 1. The Morgan fingerprint density at radius 1 is 1.04 bits per heavy atom. The summed E-state index contributed by atoms with van der Waals surface area (Å²) in [5.41, 5.74) is 0.966. The molecule has 2 heterocycles. The first-order valence-corrected chi connectivity index (χ1v) is 7.23. The highest BCUT2D eigenvalue weighted by atomic mass is 16.6. The van der Waals surface area contributed by atoms with Crippen LogP contribution in [0.3, 0.4) is 0 Å². The standard InChI is InChI=1S/C14H18N4O5/c19-7-9-11(20)12(21)13(22)14(23-9)18-10(15-16-17-18)6-8-4-2-1-3-5-8/h1-5,9,11-14,19-22H,6-7H2/t9-,11-,12+,13-,14-/m1/s1. The molecule has 9 heteroatoms. The van der Waals surface area contributed by atoms with E-state index in [9.17, 15) is 20.4 Å². The monoisotopic (exact) mass is 322 g/mol. The van der Waals surface area contributed by atoms with Gasteiger partial charge in [0.1, 0.15) is 24.4 Å².